The van der Waals surface area contributed by atoms with E-state index in [0.29, 0.717) is 34.5 Å². The summed E-state index contributed by atoms with van der Waals surface area (Å²) in [4.78, 5) is 38.5. The second kappa shape index (κ2) is 14.5. The molecule has 2 amide bonds. The molecule has 0 aromatic heterocycles. The number of halogens is 10. The highest BCUT2D eigenvalue weighted by molar-refractivity contribution is 6.32. The van der Waals surface area contributed by atoms with Crippen molar-refractivity contribution in [2.75, 3.05) is 38.1 Å². The third-order valence-corrected chi connectivity index (χ3v) is 7.64. The maximum Gasteiger partial charge on any atom is 0.573 e. The number of hydrogen-bond acceptors (Lipinski definition) is 6. The zero-order chi connectivity index (χ0) is 37.2. The van der Waals surface area contributed by atoms with Crippen LogP contribution >= 0.6 is 11.6 Å². The Balaban J connectivity index is 0.000000727. The molecule has 1 unspecified atom stereocenters. The molecule has 0 spiro atoms. The van der Waals surface area contributed by atoms with E-state index in [1.54, 1.807) is 36.1 Å². The number of carbonyl (C=O) groups is 3. The predicted molar refractivity (Wildman–Crippen MR) is 159 cm³/mol. The number of aryl methyl sites for hydroxylation is 1. The first-order chi connectivity index (χ1) is 23.1. The van der Waals surface area contributed by atoms with Crippen molar-refractivity contribution < 1.29 is 68.5 Å². The van der Waals surface area contributed by atoms with Gasteiger partial charge in [-0.2, -0.15) is 26.3 Å². The molecule has 2 N–H and O–H groups in total. The minimum Gasteiger partial charge on any atom is -0.482 e. The second-order valence-corrected chi connectivity index (χ2v) is 11.4. The Kier molecular flexibility index (Phi) is 11.0. The summed E-state index contributed by atoms with van der Waals surface area (Å²) in [6, 6.07) is 11.3. The molecule has 270 valence electrons. The number of benzene rings is 3. The molecule has 2 aliphatic rings. The van der Waals surface area contributed by atoms with Crippen molar-refractivity contribution in [2.45, 2.75) is 31.7 Å². The molecule has 2 heterocycles. The van der Waals surface area contributed by atoms with Crippen molar-refractivity contribution >= 4 is 35.1 Å². The molecular formula is C31H25ClF9N3O6. The van der Waals surface area contributed by atoms with Gasteiger partial charge in [0.25, 0.3) is 11.8 Å². The van der Waals surface area contributed by atoms with E-state index in [1.165, 1.54) is 4.90 Å². The topological polar surface area (TPSA) is 108 Å². The molecule has 3 aromatic rings. The number of amides is 2. The van der Waals surface area contributed by atoms with Crippen molar-refractivity contribution in [3.8, 4) is 22.6 Å². The number of rotatable bonds is 5. The Morgan fingerprint density at radius 2 is 1.62 bits per heavy atom. The van der Waals surface area contributed by atoms with Crippen LogP contribution in [0.4, 0.5) is 45.2 Å². The van der Waals surface area contributed by atoms with Crippen LogP contribution in [0.5, 0.6) is 11.5 Å². The summed E-state index contributed by atoms with van der Waals surface area (Å²) in [6.07, 6.45) is -14.5. The van der Waals surface area contributed by atoms with Gasteiger partial charge in [-0.25, -0.2) is 4.79 Å². The highest BCUT2D eigenvalue weighted by Gasteiger charge is 2.39. The molecule has 0 saturated carbocycles. The molecular weight excluding hydrogens is 717 g/mol. The van der Waals surface area contributed by atoms with Crippen LogP contribution in [0.15, 0.2) is 54.6 Å². The largest absolute Gasteiger partial charge is 0.573 e. The van der Waals surface area contributed by atoms with Crippen LogP contribution in [-0.2, 0) is 15.8 Å². The highest BCUT2D eigenvalue weighted by atomic mass is 35.5. The zero-order valence-electron chi connectivity index (χ0n) is 25.5. The fraction of sp³-hybridized carbons (Fsp3) is 0.323. The van der Waals surface area contributed by atoms with E-state index in [9.17, 15) is 49.1 Å². The van der Waals surface area contributed by atoms with Gasteiger partial charge in [-0.05, 0) is 60.0 Å². The van der Waals surface area contributed by atoms with Gasteiger partial charge in [0.1, 0.15) is 11.5 Å². The minimum atomic E-state index is -5.08. The van der Waals surface area contributed by atoms with Gasteiger partial charge in [0, 0.05) is 37.9 Å². The molecule has 0 aliphatic carbocycles. The predicted octanol–water partition coefficient (Wildman–Crippen LogP) is 7.02. The lowest BCUT2D eigenvalue weighted by atomic mass is 9.97. The normalized spacial score (nSPS) is 16.2. The lowest BCUT2D eigenvalue weighted by Gasteiger charge is -2.40. The monoisotopic (exact) mass is 741 g/mol. The highest BCUT2D eigenvalue weighted by Crippen LogP contribution is 2.36. The number of fused-ring (bicyclic) bond motifs is 2. The van der Waals surface area contributed by atoms with Crippen LogP contribution in [0.1, 0.15) is 21.5 Å². The minimum absolute atomic E-state index is 0.00305. The molecule has 19 heteroatoms. The van der Waals surface area contributed by atoms with Crippen molar-refractivity contribution in [3.63, 3.8) is 0 Å². The van der Waals surface area contributed by atoms with Gasteiger partial charge in [-0.15, -0.1) is 13.2 Å². The quantitative estimate of drug-likeness (QED) is 0.271. The third kappa shape index (κ3) is 9.64. The number of anilines is 1. The van der Waals surface area contributed by atoms with Crippen LogP contribution in [0, 0.1) is 6.92 Å². The van der Waals surface area contributed by atoms with Crippen LogP contribution in [0.3, 0.4) is 0 Å². The average molecular weight is 742 g/mol. The van der Waals surface area contributed by atoms with E-state index >= 15 is 0 Å². The fourth-order valence-electron chi connectivity index (χ4n) is 5.10. The summed E-state index contributed by atoms with van der Waals surface area (Å²) in [5, 5.41) is 10.2. The van der Waals surface area contributed by atoms with Gasteiger partial charge in [0.2, 0.25) is 0 Å². The van der Waals surface area contributed by atoms with E-state index < -0.39 is 54.6 Å². The number of hydrogen-bond donors (Lipinski definition) is 2. The average Bonchev–Trinajstić information content (AvgIpc) is 3.14. The molecule has 50 heavy (non-hydrogen) atoms. The number of alkyl halides is 9. The first kappa shape index (κ1) is 37.9. The van der Waals surface area contributed by atoms with E-state index in [-0.39, 0.29) is 36.3 Å². The van der Waals surface area contributed by atoms with E-state index in [2.05, 4.69) is 10.1 Å². The van der Waals surface area contributed by atoms with E-state index in [1.807, 2.05) is 0 Å². The summed E-state index contributed by atoms with van der Waals surface area (Å²) in [7, 11) is 0. The van der Waals surface area contributed by atoms with E-state index in [0.717, 1.165) is 30.3 Å². The van der Waals surface area contributed by atoms with Crippen molar-refractivity contribution in [3.05, 3.63) is 76.3 Å². The summed E-state index contributed by atoms with van der Waals surface area (Å²) in [6.45, 7) is 2.03. The van der Waals surface area contributed by atoms with Gasteiger partial charge >= 0.3 is 24.7 Å². The smallest absolute Gasteiger partial charge is 0.482 e. The molecule has 1 saturated heterocycles. The SMILES string of the molecule is Cc1cc(-c2ccc3c(c2)C(=O)N2CCN(C(=O)COc4ccc(OC(F)(F)F)cc4Cl)CC2CN3)cc(C(F)(F)F)c1.O=C(O)C(F)(F)F. The zero-order valence-corrected chi connectivity index (χ0v) is 26.2. The molecule has 5 rings (SSSR count). The van der Waals surface area contributed by atoms with Crippen LogP contribution < -0.4 is 14.8 Å². The van der Waals surface area contributed by atoms with Gasteiger partial charge in [-0.1, -0.05) is 23.7 Å². The summed E-state index contributed by atoms with van der Waals surface area (Å²) in [5.74, 6) is -4.02. The van der Waals surface area contributed by atoms with Crippen LogP contribution in [-0.4, -0.2) is 84.1 Å². The first-order valence-electron chi connectivity index (χ1n) is 14.3. The lowest BCUT2D eigenvalue weighted by Crippen LogP contribution is -2.58. The van der Waals surface area contributed by atoms with Gasteiger partial charge in [0.05, 0.1) is 22.2 Å². The van der Waals surface area contributed by atoms with E-state index in [4.69, 9.17) is 26.2 Å². The van der Waals surface area contributed by atoms with Gasteiger partial charge < -0.3 is 29.7 Å². The molecule has 1 fully saturated rings. The van der Waals surface area contributed by atoms with Crippen molar-refractivity contribution in [1.82, 2.24) is 9.80 Å². The fourth-order valence-corrected chi connectivity index (χ4v) is 5.33. The summed E-state index contributed by atoms with van der Waals surface area (Å²) in [5.41, 5.74) is 1.29. The van der Waals surface area contributed by atoms with Gasteiger partial charge in [-0.3, -0.25) is 9.59 Å². The number of ether oxygens (including phenoxy) is 2. The third-order valence-electron chi connectivity index (χ3n) is 7.34. The van der Waals surface area contributed by atoms with Crippen molar-refractivity contribution in [1.29, 1.82) is 0 Å². The maximum atomic E-state index is 13.6. The number of nitrogens with one attached hydrogen (secondary N) is 1. The second-order valence-electron chi connectivity index (χ2n) is 11.0. The Morgan fingerprint density at radius 1 is 0.940 bits per heavy atom. The molecule has 0 radical (unpaired) electrons. The summed E-state index contributed by atoms with van der Waals surface area (Å²) >= 11 is 5.98. The number of carbonyl (C=O) groups excluding carboxylic acids is 2. The number of aliphatic carboxylic acids is 1. The summed E-state index contributed by atoms with van der Waals surface area (Å²) < 4.78 is 118. The standard InChI is InChI=1S/C29H24ClF6N3O4.C2HF3O2/c1-16-8-18(10-19(9-16)28(31,32)33)17-2-4-24-22(11-17)27(41)39-7-6-38(14-20(39)13-37-24)26(40)15-42-25-5-3-21(12-23(25)30)43-29(34,35)36;3-2(4,5)1(6)7/h2-5,8-12,20,37H,6-7,13-15H2,1H3;(H,6,7). The molecule has 2 aliphatic heterocycles. The Hall–Kier alpha value is -4.87. The number of carboxylic acid groups (broad SMARTS) is 1. The Labute approximate surface area is 282 Å². The van der Waals surface area contributed by atoms with Crippen LogP contribution in [0.25, 0.3) is 11.1 Å². The number of piperazine rings is 1. The Morgan fingerprint density at radius 3 is 2.22 bits per heavy atom. The van der Waals surface area contributed by atoms with Crippen molar-refractivity contribution in [2.24, 2.45) is 0 Å². The molecule has 9 nitrogen and oxygen atoms in total. The van der Waals surface area contributed by atoms with Crippen LogP contribution in [0.2, 0.25) is 5.02 Å². The van der Waals surface area contributed by atoms with Gasteiger partial charge in [0.15, 0.2) is 6.61 Å². The maximum absolute atomic E-state index is 13.6. The Bertz CT molecular complexity index is 1770. The lowest BCUT2D eigenvalue weighted by molar-refractivity contribution is -0.274. The molecule has 0 bridgehead atoms. The first-order valence-corrected chi connectivity index (χ1v) is 14.6. The number of carboxylic acids is 1. The molecule has 1 atom stereocenters. The molecule has 3 aromatic carbocycles. The number of nitrogens with zero attached hydrogens (tertiary/aromatic N) is 2.